The largest absolute Gasteiger partial charge is 0.273 e. The van der Waals surface area contributed by atoms with Crippen LogP contribution in [0.25, 0.3) is 0 Å². The number of hydrazone groups is 1. The van der Waals surface area contributed by atoms with E-state index in [9.17, 15) is 4.79 Å². The average Bonchev–Trinajstić information content (AvgIpc) is 2.33. The minimum Gasteiger partial charge on any atom is -0.273 e. The van der Waals surface area contributed by atoms with E-state index in [2.05, 4.69) is 24.4 Å². The predicted octanol–water partition coefficient (Wildman–Crippen LogP) is 4.03. The van der Waals surface area contributed by atoms with Crippen LogP contribution < -0.4 is 5.43 Å². The maximum Gasteiger partial charge on any atom is 0.240 e. The van der Waals surface area contributed by atoms with Crippen molar-refractivity contribution in [3.05, 3.63) is 0 Å². The second-order valence-corrected chi connectivity index (χ2v) is 4.65. The van der Waals surface area contributed by atoms with E-state index < -0.39 is 0 Å². The number of unbranched alkanes of at least 4 members (excludes halogenated alkanes) is 5. The van der Waals surface area contributed by atoms with Gasteiger partial charge in [-0.15, -0.1) is 0 Å². The van der Waals surface area contributed by atoms with Gasteiger partial charge in [0.25, 0.3) is 0 Å². The average molecular weight is 240 g/mol. The van der Waals surface area contributed by atoms with Gasteiger partial charge >= 0.3 is 0 Å². The van der Waals surface area contributed by atoms with E-state index in [0.29, 0.717) is 6.42 Å². The highest BCUT2D eigenvalue weighted by atomic mass is 16.2. The van der Waals surface area contributed by atoms with Crippen molar-refractivity contribution in [2.45, 2.75) is 78.6 Å². The molecule has 3 nitrogen and oxygen atoms in total. The zero-order chi connectivity index (χ0) is 12.9. The van der Waals surface area contributed by atoms with Crippen LogP contribution in [0.5, 0.6) is 0 Å². The van der Waals surface area contributed by atoms with Crippen molar-refractivity contribution in [2.75, 3.05) is 0 Å². The van der Waals surface area contributed by atoms with E-state index in [-0.39, 0.29) is 5.91 Å². The van der Waals surface area contributed by atoms with Crippen molar-refractivity contribution in [3.63, 3.8) is 0 Å². The molecule has 0 aromatic heterocycles. The van der Waals surface area contributed by atoms with Crippen molar-refractivity contribution < 1.29 is 4.79 Å². The molecule has 0 atom stereocenters. The summed E-state index contributed by atoms with van der Waals surface area (Å²) in [7, 11) is 0. The first-order valence-corrected chi connectivity index (χ1v) is 7.02. The van der Waals surface area contributed by atoms with Crippen molar-refractivity contribution in [1.29, 1.82) is 0 Å². The summed E-state index contributed by atoms with van der Waals surface area (Å²) in [4.78, 5) is 11.4. The van der Waals surface area contributed by atoms with E-state index in [1.165, 1.54) is 19.3 Å². The minimum atomic E-state index is 0.0531. The number of nitrogens with one attached hydrogen (secondary N) is 1. The van der Waals surface area contributed by atoms with E-state index in [1.807, 2.05) is 6.92 Å². The van der Waals surface area contributed by atoms with Gasteiger partial charge in [0.1, 0.15) is 0 Å². The molecule has 0 radical (unpaired) electrons. The zero-order valence-corrected chi connectivity index (χ0v) is 11.7. The highest BCUT2D eigenvalue weighted by molar-refractivity contribution is 5.84. The Morgan fingerprint density at radius 2 is 1.59 bits per heavy atom. The van der Waals surface area contributed by atoms with Crippen LogP contribution in [-0.4, -0.2) is 11.6 Å². The van der Waals surface area contributed by atoms with Gasteiger partial charge in [-0.05, 0) is 26.2 Å². The van der Waals surface area contributed by atoms with Crippen LogP contribution in [0.1, 0.15) is 78.6 Å². The van der Waals surface area contributed by atoms with Gasteiger partial charge in [-0.1, -0.05) is 46.0 Å². The first-order chi connectivity index (χ1) is 8.20. The third kappa shape index (κ3) is 11.4. The van der Waals surface area contributed by atoms with Gasteiger partial charge in [0, 0.05) is 12.1 Å². The summed E-state index contributed by atoms with van der Waals surface area (Å²) < 4.78 is 0. The third-order valence-corrected chi connectivity index (χ3v) is 2.77. The fourth-order valence-electron chi connectivity index (χ4n) is 1.59. The van der Waals surface area contributed by atoms with Gasteiger partial charge in [-0.25, -0.2) is 5.43 Å². The predicted molar refractivity (Wildman–Crippen MR) is 74.2 cm³/mol. The molecule has 0 rings (SSSR count). The SMILES string of the molecule is CCCCCCCC(=O)N/N=C(\C)CCCC. The lowest BCUT2D eigenvalue weighted by Gasteiger charge is -2.02. The van der Waals surface area contributed by atoms with Crippen LogP contribution in [0.3, 0.4) is 0 Å². The van der Waals surface area contributed by atoms with Crippen molar-refractivity contribution in [1.82, 2.24) is 5.43 Å². The Morgan fingerprint density at radius 3 is 2.24 bits per heavy atom. The lowest BCUT2D eigenvalue weighted by atomic mass is 10.1. The summed E-state index contributed by atoms with van der Waals surface area (Å²) in [5, 5.41) is 4.09. The second kappa shape index (κ2) is 11.6. The zero-order valence-electron chi connectivity index (χ0n) is 11.7. The van der Waals surface area contributed by atoms with Crippen molar-refractivity contribution >= 4 is 11.6 Å². The highest BCUT2D eigenvalue weighted by Crippen LogP contribution is 2.04. The monoisotopic (exact) mass is 240 g/mol. The Balaban J connectivity index is 3.51. The van der Waals surface area contributed by atoms with Gasteiger partial charge < -0.3 is 0 Å². The van der Waals surface area contributed by atoms with E-state index in [0.717, 1.165) is 37.8 Å². The molecule has 0 unspecified atom stereocenters. The fourth-order valence-corrected chi connectivity index (χ4v) is 1.59. The Morgan fingerprint density at radius 1 is 0.941 bits per heavy atom. The van der Waals surface area contributed by atoms with Crippen LogP contribution in [-0.2, 0) is 4.79 Å². The minimum absolute atomic E-state index is 0.0531. The second-order valence-electron chi connectivity index (χ2n) is 4.65. The van der Waals surface area contributed by atoms with Crippen LogP contribution >= 0.6 is 0 Å². The maximum atomic E-state index is 11.4. The van der Waals surface area contributed by atoms with Gasteiger partial charge in [-0.2, -0.15) is 5.10 Å². The number of nitrogens with zero attached hydrogens (tertiary/aromatic N) is 1. The molecule has 17 heavy (non-hydrogen) atoms. The van der Waals surface area contributed by atoms with E-state index >= 15 is 0 Å². The first kappa shape index (κ1) is 16.1. The topological polar surface area (TPSA) is 41.5 Å². The molecule has 0 fully saturated rings. The molecule has 0 aliphatic rings. The number of amides is 1. The van der Waals surface area contributed by atoms with Gasteiger partial charge in [0.15, 0.2) is 0 Å². The molecule has 0 heterocycles. The Kier molecular flexibility index (Phi) is 11.0. The quantitative estimate of drug-likeness (QED) is 0.349. The van der Waals surface area contributed by atoms with E-state index in [1.54, 1.807) is 0 Å². The molecule has 0 saturated carbocycles. The highest BCUT2D eigenvalue weighted by Gasteiger charge is 1.99. The van der Waals surface area contributed by atoms with Crippen molar-refractivity contribution in [2.24, 2.45) is 5.10 Å². The summed E-state index contributed by atoms with van der Waals surface area (Å²) in [6, 6.07) is 0. The van der Waals surface area contributed by atoms with Gasteiger partial charge in [-0.3, -0.25) is 4.79 Å². The number of hydrogen-bond donors (Lipinski definition) is 1. The first-order valence-electron chi connectivity index (χ1n) is 7.02. The summed E-state index contributed by atoms with van der Waals surface area (Å²) in [5.41, 5.74) is 3.65. The lowest BCUT2D eigenvalue weighted by molar-refractivity contribution is -0.121. The van der Waals surface area contributed by atoms with Gasteiger partial charge in [0.05, 0.1) is 0 Å². The van der Waals surface area contributed by atoms with E-state index in [4.69, 9.17) is 0 Å². The molecule has 1 N–H and O–H groups in total. The number of carbonyl (C=O) groups is 1. The molecule has 0 aliphatic heterocycles. The molecule has 0 aliphatic carbocycles. The fraction of sp³-hybridized carbons (Fsp3) is 0.857. The van der Waals surface area contributed by atoms with Crippen LogP contribution in [0.4, 0.5) is 0 Å². The molecule has 0 bridgehead atoms. The Labute approximate surface area is 106 Å². The summed E-state index contributed by atoms with van der Waals surface area (Å²) in [6.07, 6.45) is 9.78. The number of hydrogen-bond acceptors (Lipinski definition) is 2. The van der Waals surface area contributed by atoms with Gasteiger partial charge in [0.2, 0.25) is 5.91 Å². The molecule has 1 amide bonds. The summed E-state index contributed by atoms with van der Waals surface area (Å²) in [5.74, 6) is 0.0531. The normalized spacial score (nSPS) is 11.6. The maximum absolute atomic E-state index is 11.4. The van der Waals surface area contributed by atoms with Crippen LogP contribution in [0.2, 0.25) is 0 Å². The molecule has 0 spiro atoms. The smallest absolute Gasteiger partial charge is 0.240 e. The summed E-state index contributed by atoms with van der Waals surface area (Å²) in [6.45, 7) is 6.32. The molecule has 100 valence electrons. The molecule has 0 aromatic rings. The molecular formula is C14H28N2O. The number of rotatable bonds is 10. The molecule has 0 saturated heterocycles. The van der Waals surface area contributed by atoms with Crippen LogP contribution in [0, 0.1) is 0 Å². The van der Waals surface area contributed by atoms with Crippen molar-refractivity contribution in [3.8, 4) is 0 Å². The molecule has 3 heteroatoms. The standard InChI is InChI=1S/C14H28N2O/c1-4-6-8-9-10-12-14(17)16-15-13(3)11-7-5-2/h4-12H2,1-3H3,(H,16,17)/b15-13+. The third-order valence-electron chi connectivity index (χ3n) is 2.77. The lowest BCUT2D eigenvalue weighted by Crippen LogP contribution is -2.18. The Hall–Kier alpha value is -0.860. The van der Waals surface area contributed by atoms with Crippen LogP contribution in [0.15, 0.2) is 5.10 Å². The summed E-state index contributed by atoms with van der Waals surface area (Å²) >= 11 is 0. The number of carbonyl (C=O) groups excluding carboxylic acids is 1. The molecular weight excluding hydrogens is 212 g/mol. The Bertz CT molecular complexity index is 224. The molecule has 0 aromatic carbocycles.